The van der Waals surface area contributed by atoms with Gasteiger partial charge in [-0.1, -0.05) is 13.0 Å². The first kappa shape index (κ1) is 17.2. The molecule has 0 atom stereocenters. The Morgan fingerprint density at radius 3 is 2.91 bits per heavy atom. The molecule has 2 heterocycles. The van der Waals surface area contributed by atoms with Gasteiger partial charge in [0.2, 0.25) is 5.88 Å². The molecule has 0 radical (unpaired) electrons. The highest BCUT2D eigenvalue weighted by molar-refractivity contribution is 7.11. The molecule has 0 aromatic carbocycles. The molecule has 2 aromatic heterocycles. The second-order valence-corrected chi connectivity index (χ2v) is 6.05. The number of aryl methyl sites for hydroxylation is 1. The Kier molecular flexibility index (Phi) is 6.80. The van der Waals surface area contributed by atoms with Gasteiger partial charge in [0.25, 0.3) is 0 Å². The van der Waals surface area contributed by atoms with E-state index in [2.05, 4.69) is 32.5 Å². The summed E-state index contributed by atoms with van der Waals surface area (Å²) in [6.45, 7) is 3.54. The molecule has 23 heavy (non-hydrogen) atoms. The van der Waals surface area contributed by atoms with Crippen molar-refractivity contribution in [1.29, 1.82) is 0 Å². The molecule has 0 unspecified atom stereocenters. The van der Waals surface area contributed by atoms with Crippen LogP contribution < -0.4 is 15.4 Å². The van der Waals surface area contributed by atoms with Crippen molar-refractivity contribution in [3.05, 3.63) is 40.0 Å². The zero-order chi connectivity index (χ0) is 16.5. The highest BCUT2D eigenvalue weighted by Gasteiger charge is 2.05. The van der Waals surface area contributed by atoms with Crippen LogP contribution in [0, 0.1) is 0 Å². The Morgan fingerprint density at radius 1 is 1.35 bits per heavy atom. The Bertz CT molecular complexity index is 641. The maximum absolute atomic E-state index is 5.24. The number of aliphatic imine (C=N–C) groups is 1. The van der Waals surface area contributed by atoms with Gasteiger partial charge in [0.15, 0.2) is 5.96 Å². The first-order chi connectivity index (χ1) is 11.3. The van der Waals surface area contributed by atoms with E-state index in [0.717, 1.165) is 35.9 Å². The van der Waals surface area contributed by atoms with Gasteiger partial charge >= 0.3 is 0 Å². The summed E-state index contributed by atoms with van der Waals surface area (Å²) in [6, 6.07) is 3.87. The van der Waals surface area contributed by atoms with E-state index in [1.54, 1.807) is 31.7 Å². The zero-order valence-corrected chi connectivity index (χ0v) is 14.6. The predicted molar refractivity (Wildman–Crippen MR) is 94.2 cm³/mol. The minimum Gasteiger partial charge on any atom is -0.481 e. The van der Waals surface area contributed by atoms with Gasteiger partial charge in [0, 0.05) is 49.4 Å². The van der Waals surface area contributed by atoms with E-state index in [4.69, 9.17) is 4.74 Å². The minimum atomic E-state index is 0.605. The quantitative estimate of drug-likeness (QED) is 0.599. The second kappa shape index (κ2) is 9.09. The average Bonchev–Trinajstić information content (AvgIpc) is 3.06. The standard InChI is InChI=1S/C16H23N5OS/c1-4-13-11-20-14(23-13)7-9-19-16(17-2)21-10-12-6-5-8-18-15(12)22-3/h5-6,8,11H,4,7,9-10H2,1-3H3,(H2,17,19,21). The summed E-state index contributed by atoms with van der Waals surface area (Å²) in [5.74, 6) is 1.38. The molecule has 0 fully saturated rings. The smallest absolute Gasteiger partial charge is 0.218 e. The molecule has 7 heteroatoms. The molecule has 0 saturated carbocycles. The maximum atomic E-state index is 5.24. The summed E-state index contributed by atoms with van der Waals surface area (Å²) in [5.41, 5.74) is 0.991. The van der Waals surface area contributed by atoms with Gasteiger partial charge in [-0.15, -0.1) is 11.3 Å². The summed E-state index contributed by atoms with van der Waals surface area (Å²) in [7, 11) is 3.38. The van der Waals surface area contributed by atoms with Gasteiger partial charge in [-0.3, -0.25) is 4.99 Å². The Balaban J connectivity index is 1.79. The highest BCUT2D eigenvalue weighted by Crippen LogP contribution is 2.14. The second-order valence-electron chi connectivity index (χ2n) is 4.85. The molecular formula is C16H23N5OS. The maximum Gasteiger partial charge on any atom is 0.218 e. The molecular weight excluding hydrogens is 310 g/mol. The number of methoxy groups -OCH3 is 1. The lowest BCUT2D eigenvalue weighted by Gasteiger charge is -2.12. The third-order valence-corrected chi connectivity index (χ3v) is 4.50. The normalized spacial score (nSPS) is 11.3. The largest absolute Gasteiger partial charge is 0.481 e. The van der Waals surface area contributed by atoms with E-state index in [1.807, 2.05) is 18.3 Å². The number of hydrogen-bond donors (Lipinski definition) is 2. The van der Waals surface area contributed by atoms with Gasteiger partial charge in [-0.05, 0) is 12.5 Å². The van der Waals surface area contributed by atoms with Crippen molar-refractivity contribution in [2.45, 2.75) is 26.3 Å². The van der Waals surface area contributed by atoms with Crippen molar-refractivity contribution in [3.8, 4) is 5.88 Å². The number of nitrogens with one attached hydrogen (secondary N) is 2. The molecule has 0 aliphatic carbocycles. The van der Waals surface area contributed by atoms with Crippen LogP contribution in [-0.2, 0) is 19.4 Å². The monoisotopic (exact) mass is 333 g/mol. The molecule has 0 saturated heterocycles. The summed E-state index contributed by atoms with van der Waals surface area (Å²) >= 11 is 1.77. The first-order valence-electron chi connectivity index (χ1n) is 7.62. The van der Waals surface area contributed by atoms with Gasteiger partial charge in [-0.25, -0.2) is 9.97 Å². The van der Waals surface area contributed by atoms with Gasteiger partial charge in [0.05, 0.1) is 12.1 Å². The van der Waals surface area contributed by atoms with Crippen LogP contribution in [0.25, 0.3) is 0 Å². The Hall–Kier alpha value is -2.15. The summed E-state index contributed by atoms with van der Waals surface area (Å²) in [5, 5.41) is 7.71. The first-order valence-corrected chi connectivity index (χ1v) is 8.44. The van der Waals surface area contributed by atoms with E-state index in [1.165, 1.54) is 4.88 Å². The van der Waals surface area contributed by atoms with Crippen LogP contribution in [0.3, 0.4) is 0 Å². The molecule has 0 aliphatic rings. The van der Waals surface area contributed by atoms with Crippen molar-refractivity contribution in [3.63, 3.8) is 0 Å². The fourth-order valence-corrected chi connectivity index (χ4v) is 2.92. The van der Waals surface area contributed by atoms with Crippen LogP contribution in [0.5, 0.6) is 5.88 Å². The number of hydrogen-bond acceptors (Lipinski definition) is 5. The lowest BCUT2D eigenvalue weighted by Crippen LogP contribution is -2.37. The third-order valence-electron chi connectivity index (χ3n) is 3.29. The number of thiazole rings is 1. The average molecular weight is 333 g/mol. The number of rotatable bonds is 7. The van der Waals surface area contributed by atoms with Crippen LogP contribution in [0.4, 0.5) is 0 Å². The van der Waals surface area contributed by atoms with E-state index >= 15 is 0 Å². The van der Waals surface area contributed by atoms with Crippen LogP contribution in [0.2, 0.25) is 0 Å². The zero-order valence-electron chi connectivity index (χ0n) is 13.8. The van der Waals surface area contributed by atoms with Gasteiger partial charge in [-0.2, -0.15) is 0 Å². The fourth-order valence-electron chi connectivity index (χ4n) is 2.06. The SMILES string of the molecule is CCc1cnc(CCNC(=NC)NCc2cccnc2OC)s1. The van der Waals surface area contributed by atoms with E-state index in [-0.39, 0.29) is 0 Å². The summed E-state index contributed by atoms with van der Waals surface area (Å²) in [4.78, 5) is 14.2. The van der Waals surface area contributed by atoms with Gasteiger partial charge < -0.3 is 15.4 Å². The number of ether oxygens (including phenoxy) is 1. The molecule has 0 spiro atoms. The van der Waals surface area contributed by atoms with Crippen molar-refractivity contribution in [1.82, 2.24) is 20.6 Å². The predicted octanol–water partition coefficient (Wildman–Crippen LogP) is 2.02. The molecule has 2 aromatic rings. The molecule has 2 N–H and O–H groups in total. The van der Waals surface area contributed by atoms with E-state index < -0.39 is 0 Å². The molecule has 0 aliphatic heterocycles. The van der Waals surface area contributed by atoms with Crippen LogP contribution in [0.15, 0.2) is 29.5 Å². The lowest BCUT2D eigenvalue weighted by molar-refractivity contribution is 0.392. The number of aromatic nitrogens is 2. The summed E-state index contributed by atoms with van der Waals surface area (Å²) < 4.78 is 5.24. The number of guanidine groups is 1. The van der Waals surface area contributed by atoms with Crippen molar-refractivity contribution >= 4 is 17.3 Å². The molecule has 124 valence electrons. The number of nitrogens with zero attached hydrogens (tertiary/aromatic N) is 3. The van der Waals surface area contributed by atoms with E-state index in [0.29, 0.717) is 12.4 Å². The summed E-state index contributed by atoms with van der Waals surface area (Å²) in [6.07, 6.45) is 5.61. The number of pyridine rings is 1. The molecule has 0 amide bonds. The molecule has 2 rings (SSSR count). The Morgan fingerprint density at radius 2 is 2.22 bits per heavy atom. The van der Waals surface area contributed by atoms with E-state index in [9.17, 15) is 0 Å². The molecule has 0 bridgehead atoms. The van der Waals surface area contributed by atoms with Gasteiger partial charge in [0.1, 0.15) is 0 Å². The van der Waals surface area contributed by atoms with Crippen molar-refractivity contribution in [2.75, 3.05) is 20.7 Å². The fraction of sp³-hybridized carbons (Fsp3) is 0.438. The Labute approximate surface area is 141 Å². The van der Waals surface area contributed by atoms with Crippen molar-refractivity contribution < 1.29 is 4.74 Å². The van der Waals surface area contributed by atoms with Crippen LogP contribution in [-0.4, -0.2) is 36.6 Å². The third kappa shape index (κ3) is 5.21. The van der Waals surface area contributed by atoms with Crippen molar-refractivity contribution in [2.24, 2.45) is 4.99 Å². The van der Waals surface area contributed by atoms with Crippen LogP contribution >= 0.6 is 11.3 Å². The van der Waals surface area contributed by atoms with Crippen LogP contribution in [0.1, 0.15) is 22.4 Å². The highest BCUT2D eigenvalue weighted by atomic mass is 32.1. The minimum absolute atomic E-state index is 0.605. The lowest BCUT2D eigenvalue weighted by atomic mass is 10.2. The topological polar surface area (TPSA) is 71.4 Å². The molecule has 6 nitrogen and oxygen atoms in total.